The number of ether oxygens (including phenoxy) is 1. The Morgan fingerprint density at radius 3 is 2.32 bits per heavy atom. The van der Waals surface area contributed by atoms with E-state index in [2.05, 4.69) is 4.98 Å². The van der Waals surface area contributed by atoms with Crippen LogP contribution in [0, 0.1) is 0 Å². The molecule has 0 atom stereocenters. The van der Waals surface area contributed by atoms with Gasteiger partial charge >= 0.3 is 7.12 Å². The van der Waals surface area contributed by atoms with Crippen LogP contribution in [0.2, 0.25) is 0 Å². The molecule has 0 aliphatic carbocycles. The summed E-state index contributed by atoms with van der Waals surface area (Å²) in [5.41, 5.74) is 6.45. The Hall–Kier alpha value is -1.11. The van der Waals surface area contributed by atoms with Gasteiger partial charge in [-0.3, -0.25) is 4.98 Å². The highest BCUT2D eigenvalue weighted by molar-refractivity contribution is 6.62. The third-order valence-corrected chi connectivity index (χ3v) is 3.89. The fourth-order valence-corrected chi connectivity index (χ4v) is 1.93. The lowest BCUT2D eigenvalue weighted by molar-refractivity contribution is 0.00578. The molecule has 1 aromatic rings. The second-order valence-electron chi connectivity index (χ2n) is 5.71. The van der Waals surface area contributed by atoms with Crippen LogP contribution in [0.3, 0.4) is 0 Å². The summed E-state index contributed by atoms with van der Waals surface area (Å²) >= 11 is 0. The largest absolute Gasteiger partial charge is 0.496 e. The van der Waals surface area contributed by atoms with E-state index < -0.39 is 7.12 Å². The number of pyridine rings is 1. The van der Waals surface area contributed by atoms with E-state index in [0.717, 1.165) is 11.2 Å². The standard InChI is InChI=1S/C13H21BN2O3/c1-12(2)13(3,4)19-14(18-12)9-6-11(17-5)10(7-15)16-8-9/h6,8H,7,15H2,1-5H3. The van der Waals surface area contributed by atoms with Gasteiger partial charge in [0.1, 0.15) is 5.75 Å². The van der Waals surface area contributed by atoms with Crippen molar-refractivity contribution in [1.29, 1.82) is 0 Å². The van der Waals surface area contributed by atoms with Crippen molar-refractivity contribution in [2.24, 2.45) is 5.73 Å². The van der Waals surface area contributed by atoms with E-state index >= 15 is 0 Å². The molecule has 0 bridgehead atoms. The Balaban J connectivity index is 2.30. The topological polar surface area (TPSA) is 66.6 Å². The summed E-state index contributed by atoms with van der Waals surface area (Å²) in [6.45, 7) is 8.42. The summed E-state index contributed by atoms with van der Waals surface area (Å²) in [5.74, 6) is 0.662. The Bertz CT molecular complexity index is 461. The maximum Gasteiger partial charge on any atom is 0.496 e. The van der Waals surface area contributed by atoms with E-state index in [1.165, 1.54) is 0 Å². The molecule has 0 aromatic carbocycles. The molecule has 2 heterocycles. The van der Waals surface area contributed by atoms with Crippen molar-refractivity contribution >= 4 is 12.6 Å². The summed E-state index contributed by atoms with van der Waals surface area (Å²) in [6, 6.07) is 1.87. The Labute approximate surface area is 114 Å². The first kappa shape index (κ1) is 14.3. The quantitative estimate of drug-likeness (QED) is 0.820. The van der Waals surface area contributed by atoms with E-state index in [1.54, 1.807) is 13.3 Å². The van der Waals surface area contributed by atoms with Crippen LogP contribution in [0.5, 0.6) is 5.75 Å². The Kier molecular flexibility index (Phi) is 3.60. The van der Waals surface area contributed by atoms with Gasteiger partial charge in [0.2, 0.25) is 0 Å². The molecule has 5 nitrogen and oxygen atoms in total. The molecule has 0 amide bonds. The molecule has 6 heteroatoms. The highest BCUT2D eigenvalue weighted by atomic mass is 16.7. The maximum absolute atomic E-state index is 5.97. The van der Waals surface area contributed by atoms with E-state index in [0.29, 0.717) is 12.3 Å². The number of hydrogen-bond donors (Lipinski definition) is 1. The van der Waals surface area contributed by atoms with Crippen molar-refractivity contribution in [2.45, 2.75) is 45.4 Å². The lowest BCUT2D eigenvalue weighted by Gasteiger charge is -2.32. The molecule has 2 N–H and O–H groups in total. The van der Waals surface area contributed by atoms with Crippen molar-refractivity contribution in [1.82, 2.24) is 4.98 Å². The number of methoxy groups -OCH3 is 1. The average molecular weight is 264 g/mol. The first-order valence-electron chi connectivity index (χ1n) is 6.39. The number of aromatic nitrogens is 1. The SMILES string of the molecule is COc1cc(B2OC(C)(C)C(C)(C)O2)cnc1CN. The molecule has 0 unspecified atom stereocenters. The maximum atomic E-state index is 5.97. The minimum absolute atomic E-state index is 0.340. The molecule has 2 rings (SSSR count). The third-order valence-electron chi connectivity index (χ3n) is 3.89. The molecule has 0 spiro atoms. The van der Waals surface area contributed by atoms with Crippen molar-refractivity contribution in [3.63, 3.8) is 0 Å². The summed E-state index contributed by atoms with van der Waals surface area (Å²) < 4.78 is 17.2. The van der Waals surface area contributed by atoms with Crippen LogP contribution in [0.25, 0.3) is 0 Å². The normalized spacial score (nSPS) is 20.6. The first-order valence-corrected chi connectivity index (χ1v) is 6.39. The van der Waals surface area contributed by atoms with E-state index in [9.17, 15) is 0 Å². The summed E-state index contributed by atoms with van der Waals surface area (Å²) in [4.78, 5) is 4.30. The molecule has 1 aromatic heterocycles. The lowest BCUT2D eigenvalue weighted by atomic mass is 9.80. The molecule has 0 saturated carbocycles. The van der Waals surface area contributed by atoms with Gasteiger partial charge in [-0.2, -0.15) is 0 Å². The average Bonchev–Trinajstić information content (AvgIpc) is 2.57. The molecule has 1 aliphatic heterocycles. The van der Waals surface area contributed by atoms with Gasteiger partial charge in [-0.25, -0.2) is 0 Å². The van der Waals surface area contributed by atoms with Gasteiger partial charge in [0.15, 0.2) is 0 Å². The monoisotopic (exact) mass is 264 g/mol. The summed E-state index contributed by atoms with van der Waals surface area (Å²) in [5, 5.41) is 0. The summed E-state index contributed by atoms with van der Waals surface area (Å²) in [7, 11) is 1.17. The Morgan fingerprint density at radius 2 is 1.84 bits per heavy atom. The predicted octanol–water partition coefficient (Wildman–Crippen LogP) is 0.848. The van der Waals surface area contributed by atoms with Gasteiger partial charge in [-0.15, -0.1) is 0 Å². The fraction of sp³-hybridized carbons (Fsp3) is 0.615. The number of nitrogens with two attached hydrogens (primary N) is 1. The van der Waals surface area contributed by atoms with Gasteiger partial charge in [0.05, 0.1) is 24.0 Å². The van der Waals surface area contributed by atoms with Crippen LogP contribution >= 0.6 is 0 Å². The summed E-state index contributed by atoms with van der Waals surface area (Å²) in [6.07, 6.45) is 1.73. The molecule has 1 saturated heterocycles. The minimum Gasteiger partial charge on any atom is -0.495 e. The zero-order valence-corrected chi connectivity index (χ0v) is 12.2. The van der Waals surface area contributed by atoms with E-state index in [1.807, 2.05) is 33.8 Å². The van der Waals surface area contributed by atoms with Gasteiger partial charge in [-0.05, 0) is 33.8 Å². The second kappa shape index (κ2) is 4.78. The van der Waals surface area contributed by atoms with Crippen molar-refractivity contribution in [2.75, 3.05) is 7.11 Å². The second-order valence-corrected chi connectivity index (χ2v) is 5.71. The highest BCUT2D eigenvalue weighted by Gasteiger charge is 2.51. The zero-order valence-electron chi connectivity index (χ0n) is 12.2. The van der Waals surface area contributed by atoms with Gasteiger partial charge < -0.3 is 19.8 Å². The van der Waals surface area contributed by atoms with Crippen LogP contribution in [0.15, 0.2) is 12.3 Å². The van der Waals surface area contributed by atoms with Gasteiger partial charge in [0, 0.05) is 18.2 Å². The van der Waals surface area contributed by atoms with Crippen molar-refractivity contribution in [3.8, 4) is 5.75 Å². The van der Waals surface area contributed by atoms with E-state index in [-0.39, 0.29) is 11.2 Å². The molecule has 104 valence electrons. The van der Waals surface area contributed by atoms with Crippen molar-refractivity contribution < 1.29 is 14.0 Å². The molecular weight excluding hydrogens is 243 g/mol. The lowest BCUT2D eigenvalue weighted by Crippen LogP contribution is -2.41. The van der Waals surface area contributed by atoms with Crippen LogP contribution < -0.4 is 15.9 Å². The molecule has 1 aliphatic rings. The first-order chi connectivity index (χ1) is 8.80. The number of nitrogens with zero attached hydrogens (tertiary/aromatic N) is 1. The number of rotatable bonds is 3. The van der Waals surface area contributed by atoms with Crippen LogP contribution in [-0.2, 0) is 15.9 Å². The molecular formula is C13H21BN2O3. The van der Waals surface area contributed by atoms with Gasteiger partial charge in [-0.1, -0.05) is 0 Å². The molecule has 0 radical (unpaired) electrons. The zero-order chi connectivity index (χ0) is 14.3. The Morgan fingerprint density at radius 1 is 1.26 bits per heavy atom. The molecule has 1 fully saturated rings. The smallest absolute Gasteiger partial charge is 0.495 e. The van der Waals surface area contributed by atoms with Gasteiger partial charge in [0.25, 0.3) is 0 Å². The van der Waals surface area contributed by atoms with E-state index in [4.69, 9.17) is 19.8 Å². The fourth-order valence-electron chi connectivity index (χ4n) is 1.93. The van der Waals surface area contributed by atoms with Crippen molar-refractivity contribution in [3.05, 3.63) is 18.0 Å². The van der Waals surface area contributed by atoms with Crippen LogP contribution in [-0.4, -0.2) is 30.4 Å². The van der Waals surface area contributed by atoms with Crippen LogP contribution in [0.4, 0.5) is 0 Å². The highest BCUT2D eigenvalue weighted by Crippen LogP contribution is 2.36. The minimum atomic E-state index is -0.432. The number of hydrogen-bond acceptors (Lipinski definition) is 5. The third kappa shape index (κ3) is 2.48. The molecule has 19 heavy (non-hydrogen) atoms. The predicted molar refractivity (Wildman–Crippen MR) is 74.4 cm³/mol. The van der Waals surface area contributed by atoms with Crippen LogP contribution in [0.1, 0.15) is 33.4 Å².